The third-order valence-electron chi connectivity index (χ3n) is 4.08. The van der Waals surface area contributed by atoms with E-state index in [0.29, 0.717) is 5.41 Å². The van der Waals surface area contributed by atoms with Gasteiger partial charge >= 0.3 is 0 Å². The van der Waals surface area contributed by atoms with Crippen molar-refractivity contribution >= 4 is 0 Å². The molecule has 0 aromatic heterocycles. The maximum absolute atomic E-state index is 2.36. The molecule has 0 heterocycles. The number of rotatable bonds is 8. The summed E-state index contributed by atoms with van der Waals surface area (Å²) in [4.78, 5) is 0. The van der Waals surface area contributed by atoms with Crippen molar-refractivity contribution < 1.29 is 0 Å². The van der Waals surface area contributed by atoms with E-state index in [2.05, 4.69) is 51.1 Å². The fourth-order valence-electron chi connectivity index (χ4n) is 2.79. The normalized spacial score (nSPS) is 11.7. The van der Waals surface area contributed by atoms with E-state index >= 15 is 0 Å². The molecular weight excluding hydrogens is 204 g/mol. The van der Waals surface area contributed by atoms with Crippen LogP contribution in [0.1, 0.15) is 71.3 Å². The minimum atomic E-state index is 0.438. The summed E-state index contributed by atoms with van der Waals surface area (Å²) in [6.07, 6.45) is 9.30. The minimum absolute atomic E-state index is 0.438. The van der Waals surface area contributed by atoms with Crippen LogP contribution >= 0.6 is 0 Å². The molecule has 0 saturated carbocycles. The van der Waals surface area contributed by atoms with Crippen LogP contribution in [0.25, 0.3) is 0 Å². The highest BCUT2D eigenvalue weighted by atomic mass is 14.3. The van der Waals surface area contributed by atoms with E-state index in [4.69, 9.17) is 0 Å². The standard InChI is InChI=1S/C17H28/c1-4-7-14-17(6-3,15-8-5-2)16-12-10-9-11-13-16/h9-13H,4-8,14-15H2,1-3H3. The highest BCUT2D eigenvalue weighted by Crippen LogP contribution is 2.38. The topological polar surface area (TPSA) is 0 Å². The van der Waals surface area contributed by atoms with E-state index in [-0.39, 0.29) is 0 Å². The Morgan fingerprint density at radius 3 is 1.76 bits per heavy atom. The molecule has 0 heteroatoms. The maximum Gasteiger partial charge on any atom is -0.00496 e. The van der Waals surface area contributed by atoms with Crippen molar-refractivity contribution in [3.05, 3.63) is 35.9 Å². The van der Waals surface area contributed by atoms with E-state index in [1.807, 2.05) is 0 Å². The highest BCUT2D eigenvalue weighted by molar-refractivity contribution is 5.25. The Kier molecular flexibility index (Phi) is 6.32. The second-order valence-corrected chi connectivity index (χ2v) is 5.21. The lowest BCUT2D eigenvalue weighted by Crippen LogP contribution is -2.25. The average Bonchev–Trinajstić information content (AvgIpc) is 2.41. The SMILES string of the molecule is CCCCC(CC)(CCCC)c1ccccc1. The first-order valence-corrected chi connectivity index (χ1v) is 7.34. The summed E-state index contributed by atoms with van der Waals surface area (Å²) < 4.78 is 0. The predicted molar refractivity (Wildman–Crippen MR) is 77.5 cm³/mol. The monoisotopic (exact) mass is 232 g/mol. The first-order chi connectivity index (χ1) is 8.29. The van der Waals surface area contributed by atoms with Gasteiger partial charge in [0.15, 0.2) is 0 Å². The van der Waals surface area contributed by atoms with Gasteiger partial charge in [0.25, 0.3) is 0 Å². The molecule has 0 aliphatic carbocycles. The van der Waals surface area contributed by atoms with E-state index < -0.39 is 0 Å². The van der Waals surface area contributed by atoms with E-state index in [0.717, 1.165) is 0 Å². The fraction of sp³-hybridized carbons (Fsp3) is 0.647. The third kappa shape index (κ3) is 3.87. The summed E-state index contributed by atoms with van der Waals surface area (Å²) in [6, 6.07) is 11.2. The second-order valence-electron chi connectivity index (χ2n) is 5.21. The second kappa shape index (κ2) is 7.53. The highest BCUT2D eigenvalue weighted by Gasteiger charge is 2.28. The molecule has 0 saturated heterocycles. The summed E-state index contributed by atoms with van der Waals surface area (Å²) in [5.74, 6) is 0. The zero-order valence-electron chi connectivity index (χ0n) is 11.8. The molecule has 0 unspecified atom stereocenters. The van der Waals surface area contributed by atoms with Crippen LogP contribution in [-0.4, -0.2) is 0 Å². The van der Waals surface area contributed by atoms with Crippen LogP contribution in [-0.2, 0) is 5.41 Å². The zero-order valence-corrected chi connectivity index (χ0v) is 11.8. The van der Waals surface area contributed by atoms with Gasteiger partial charge in [-0.05, 0) is 30.2 Å². The Labute approximate surface area is 107 Å². The predicted octanol–water partition coefficient (Wildman–Crippen LogP) is 5.71. The molecule has 0 amide bonds. The molecule has 17 heavy (non-hydrogen) atoms. The molecule has 1 aromatic rings. The van der Waals surface area contributed by atoms with Crippen LogP contribution in [0.2, 0.25) is 0 Å². The Balaban J connectivity index is 2.89. The smallest absolute Gasteiger partial charge is 0.00496 e. The summed E-state index contributed by atoms with van der Waals surface area (Å²) >= 11 is 0. The molecule has 0 fully saturated rings. The molecule has 0 atom stereocenters. The van der Waals surface area contributed by atoms with Gasteiger partial charge in [0.1, 0.15) is 0 Å². The van der Waals surface area contributed by atoms with Crippen LogP contribution in [0.4, 0.5) is 0 Å². The Bertz CT molecular complexity index is 278. The number of benzene rings is 1. The van der Waals surface area contributed by atoms with Crippen LogP contribution in [0, 0.1) is 0 Å². The summed E-state index contributed by atoms with van der Waals surface area (Å²) in [7, 11) is 0. The van der Waals surface area contributed by atoms with Crippen LogP contribution in [0.15, 0.2) is 30.3 Å². The third-order valence-corrected chi connectivity index (χ3v) is 4.08. The van der Waals surface area contributed by atoms with E-state index in [1.54, 1.807) is 5.56 Å². The largest absolute Gasteiger partial charge is 0.0654 e. The van der Waals surface area contributed by atoms with Crippen molar-refractivity contribution in [3.8, 4) is 0 Å². The quantitative estimate of drug-likeness (QED) is 0.538. The van der Waals surface area contributed by atoms with Crippen molar-refractivity contribution in [2.24, 2.45) is 0 Å². The molecule has 0 bridgehead atoms. The molecule has 0 aliphatic heterocycles. The lowest BCUT2D eigenvalue weighted by Gasteiger charge is -2.34. The molecule has 0 radical (unpaired) electrons. The number of hydrogen-bond acceptors (Lipinski definition) is 0. The average molecular weight is 232 g/mol. The van der Waals surface area contributed by atoms with Gasteiger partial charge in [-0.15, -0.1) is 0 Å². The molecule has 1 aromatic carbocycles. The van der Waals surface area contributed by atoms with Gasteiger partial charge in [0.2, 0.25) is 0 Å². The van der Waals surface area contributed by atoms with Crippen LogP contribution < -0.4 is 0 Å². The van der Waals surface area contributed by atoms with Crippen LogP contribution in [0.5, 0.6) is 0 Å². The Hall–Kier alpha value is -0.780. The molecule has 0 N–H and O–H groups in total. The summed E-state index contributed by atoms with van der Waals surface area (Å²) in [6.45, 7) is 6.95. The first kappa shape index (κ1) is 14.3. The van der Waals surface area contributed by atoms with Gasteiger partial charge in [-0.2, -0.15) is 0 Å². The Morgan fingerprint density at radius 1 is 0.824 bits per heavy atom. The minimum Gasteiger partial charge on any atom is -0.0654 e. The lowest BCUT2D eigenvalue weighted by atomic mass is 9.71. The van der Waals surface area contributed by atoms with Crippen LogP contribution in [0.3, 0.4) is 0 Å². The fourth-order valence-corrected chi connectivity index (χ4v) is 2.79. The van der Waals surface area contributed by atoms with Gasteiger partial charge in [0.05, 0.1) is 0 Å². The van der Waals surface area contributed by atoms with E-state index in [1.165, 1.54) is 44.9 Å². The van der Waals surface area contributed by atoms with Gasteiger partial charge in [0, 0.05) is 0 Å². The first-order valence-electron chi connectivity index (χ1n) is 7.34. The summed E-state index contributed by atoms with van der Waals surface area (Å²) in [5.41, 5.74) is 2.00. The number of hydrogen-bond donors (Lipinski definition) is 0. The van der Waals surface area contributed by atoms with Gasteiger partial charge in [-0.1, -0.05) is 76.8 Å². The maximum atomic E-state index is 2.36. The molecule has 0 spiro atoms. The Morgan fingerprint density at radius 2 is 1.35 bits per heavy atom. The summed E-state index contributed by atoms with van der Waals surface area (Å²) in [5, 5.41) is 0. The molecule has 96 valence electrons. The van der Waals surface area contributed by atoms with Crippen molar-refractivity contribution in [3.63, 3.8) is 0 Å². The van der Waals surface area contributed by atoms with Gasteiger partial charge in [-0.25, -0.2) is 0 Å². The zero-order chi connectivity index (χ0) is 12.6. The van der Waals surface area contributed by atoms with Crippen molar-refractivity contribution in [2.75, 3.05) is 0 Å². The van der Waals surface area contributed by atoms with Crippen molar-refractivity contribution in [1.82, 2.24) is 0 Å². The molecule has 1 rings (SSSR count). The van der Waals surface area contributed by atoms with Gasteiger partial charge in [-0.3, -0.25) is 0 Å². The van der Waals surface area contributed by atoms with Gasteiger partial charge < -0.3 is 0 Å². The lowest BCUT2D eigenvalue weighted by molar-refractivity contribution is 0.330. The van der Waals surface area contributed by atoms with Crippen molar-refractivity contribution in [1.29, 1.82) is 0 Å². The van der Waals surface area contributed by atoms with E-state index in [9.17, 15) is 0 Å². The molecule has 0 nitrogen and oxygen atoms in total. The molecular formula is C17H28. The van der Waals surface area contributed by atoms with Crippen molar-refractivity contribution in [2.45, 2.75) is 71.1 Å². The number of unbranched alkanes of at least 4 members (excludes halogenated alkanes) is 2. The molecule has 0 aliphatic rings.